The zero-order chi connectivity index (χ0) is 13.2. The second kappa shape index (κ2) is 5.14. The lowest BCUT2D eigenvalue weighted by Gasteiger charge is -2.36. The molecular weight excluding hydrogens is 289 g/mol. The second-order valence-corrected chi connectivity index (χ2v) is 5.28. The van der Waals surface area contributed by atoms with Gasteiger partial charge >= 0.3 is 5.97 Å². The molecule has 1 aromatic rings. The first-order valence-corrected chi connectivity index (χ1v) is 5.91. The summed E-state index contributed by atoms with van der Waals surface area (Å²) >= 11 is 3.18. The van der Waals surface area contributed by atoms with E-state index in [9.17, 15) is 9.18 Å². The highest BCUT2D eigenvalue weighted by atomic mass is 79.9. The van der Waals surface area contributed by atoms with Crippen LogP contribution in [0.5, 0.6) is 0 Å². The highest BCUT2D eigenvalue weighted by Gasteiger charge is 2.34. The van der Waals surface area contributed by atoms with Crippen LogP contribution in [0.2, 0.25) is 0 Å². The molecule has 0 aliphatic rings. The molecule has 1 atom stereocenters. The van der Waals surface area contributed by atoms with Crippen LogP contribution in [0, 0.1) is 5.82 Å². The summed E-state index contributed by atoms with van der Waals surface area (Å²) in [4.78, 5) is 12.6. The van der Waals surface area contributed by atoms with Gasteiger partial charge in [0.15, 0.2) is 0 Å². The largest absolute Gasteiger partial charge is 0.481 e. The normalized spacial score (nSPS) is 14.7. The Morgan fingerprint density at radius 1 is 1.53 bits per heavy atom. The first kappa shape index (κ1) is 14.1. The number of carboxylic acid groups (broad SMARTS) is 1. The summed E-state index contributed by atoms with van der Waals surface area (Å²) in [6.07, 6.45) is -0.154. The van der Waals surface area contributed by atoms with Crippen molar-refractivity contribution in [3.63, 3.8) is 0 Å². The Kier molecular flexibility index (Phi) is 4.27. The summed E-state index contributed by atoms with van der Waals surface area (Å²) in [6, 6.07) is 4.67. The number of rotatable bonds is 4. The van der Waals surface area contributed by atoms with Gasteiger partial charge in [-0.2, -0.15) is 0 Å². The molecule has 1 unspecified atom stereocenters. The van der Waals surface area contributed by atoms with Crippen LogP contribution in [0.25, 0.3) is 0 Å². The fourth-order valence-electron chi connectivity index (χ4n) is 1.71. The van der Waals surface area contributed by atoms with Crippen molar-refractivity contribution in [2.45, 2.75) is 18.9 Å². The van der Waals surface area contributed by atoms with Gasteiger partial charge in [0.2, 0.25) is 0 Å². The zero-order valence-electron chi connectivity index (χ0n) is 10.00. The van der Waals surface area contributed by atoms with Crippen LogP contribution < -0.4 is 0 Å². The lowest BCUT2D eigenvalue weighted by atomic mass is 9.87. The third-order valence-electron chi connectivity index (χ3n) is 2.99. The first-order chi connectivity index (χ1) is 7.77. The van der Waals surface area contributed by atoms with Crippen molar-refractivity contribution in [1.82, 2.24) is 4.90 Å². The monoisotopic (exact) mass is 303 g/mol. The molecule has 0 aromatic heterocycles. The molecule has 5 heteroatoms. The Morgan fingerprint density at radius 3 is 2.53 bits per heavy atom. The number of hydrogen-bond acceptors (Lipinski definition) is 2. The van der Waals surface area contributed by atoms with Crippen LogP contribution in [0.3, 0.4) is 0 Å². The van der Waals surface area contributed by atoms with Gasteiger partial charge in [0, 0.05) is 10.0 Å². The quantitative estimate of drug-likeness (QED) is 0.930. The summed E-state index contributed by atoms with van der Waals surface area (Å²) in [5, 5.41) is 8.95. The molecule has 1 rings (SSSR count). The van der Waals surface area contributed by atoms with E-state index in [1.54, 1.807) is 38.1 Å². The van der Waals surface area contributed by atoms with Crippen LogP contribution in [0.15, 0.2) is 22.7 Å². The molecule has 0 fully saturated rings. The average Bonchev–Trinajstić information content (AvgIpc) is 2.15. The Labute approximate surface area is 108 Å². The van der Waals surface area contributed by atoms with Crippen LogP contribution in [-0.2, 0) is 10.3 Å². The van der Waals surface area contributed by atoms with Gasteiger partial charge in [-0.3, -0.25) is 9.69 Å². The Morgan fingerprint density at radius 2 is 2.12 bits per heavy atom. The average molecular weight is 304 g/mol. The van der Waals surface area contributed by atoms with E-state index < -0.39 is 17.3 Å². The summed E-state index contributed by atoms with van der Waals surface area (Å²) < 4.78 is 14.5. The molecule has 0 saturated carbocycles. The number of carbonyl (C=O) groups is 1. The third-order valence-corrected chi connectivity index (χ3v) is 3.49. The number of nitrogens with zero attached hydrogens (tertiary/aromatic N) is 1. The fraction of sp³-hybridized carbons (Fsp3) is 0.417. The van der Waals surface area contributed by atoms with Crippen LogP contribution in [-0.4, -0.2) is 30.1 Å². The number of halogens is 2. The molecule has 0 radical (unpaired) electrons. The van der Waals surface area contributed by atoms with Gasteiger partial charge in [-0.1, -0.05) is 22.0 Å². The minimum atomic E-state index is -0.955. The van der Waals surface area contributed by atoms with Crippen molar-refractivity contribution in [2.75, 3.05) is 14.1 Å². The molecule has 0 heterocycles. The molecule has 1 N–H and O–H groups in total. The standard InChI is InChI=1S/C12H15BrFNO2/c1-12(15(2)3,7-11(16)17)9-5-4-8(13)6-10(9)14/h4-6H,7H2,1-3H3,(H,16,17). The smallest absolute Gasteiger partial charge is 0.305 e. The molecule has 3 nitrogen and oxygen atoms in total. The van der Waals surface area contributed by atoms with E-state index in [0.717, 1.165) is 0 Å². The highest BCUT2D eigenvalue weighted by molar-refractivity contribution is 9.10. The molecule has 0 amide bonds. The van der Waals surface area contributed by atoms with E-state index in [1.807, 2.05) is 0 Å². The molecule has 94 valence electrons. The second-order valence-electron chi connectivity index (χ2n) is 4.36. The number of hydrogen-bond donors (Lipinski definition) is 1. The van der Waals surface area contributed by atoms with E-state index in [-0.39, 0.29) is 6.42 Å². The Bertz CT molecular complexity index is 437. The van der Waals surface area contributed by atoms with Crippen molar-refractivity contribution < 1.29 is 14.3 Å². The van der Waals surface area contributed by atoms with E-state index >= 15 is 0 Å². The van der Waals surface area contributed by atoms with Gasteiger partial charge in [0.1, 0.15) is 5.82 Å². The predicted octanol–water partition coefficient (Wildman–Crippen LogP) is 2.84. The van der Waals surface area contributed by atoms with Gasteiger partial charge in [-0.25, -0.2) is 4.39 Å². The minimum Gasteiger partial charge on any atom is -0.481 e. The van der Waals surface area contributed by atoms with Gasteiger partial charge in [-0.15, -0.1) is 0 Å². The van der Waals surface area contributed by atoms with Crippen molar-refractivity contribution >= 4 is 21.9 Å². The summed E-state index contributed by atoms with van der Waals surface area (Å²) in [5.41, 5.74) is -0.482. The Balaban J connectivity index is 3.27. The number of carboxylic acids is 1. The lowest BCUT2D eigenvalue weighted by molar-refractivity contribution is -0.140. The summed E-state index contributed by atoms with van der Waals surface area (Å²) in [7, 11) is 3.48. The SMILES string of the molecule is CN(C)C(C)(CC(=O)O)c1ccc(Br)cc1F. The summed E-state index contributed by atoms with van der Waals surface area (Å²) in [6.45, 7) is 1.72. The van der Waals surface area contributed by atoms with Crippen LogP contribution >= 0.6 is 15.9 Å². The van der Waals surface area contributed by atoms with Gasteiger partial charge < -0.3 is 5.11 Å². The zero-order valence-corrected chi connectivity index (χ0v) is 11.6. The van der Waals surface area contributed by atoms with Crippen LogP contribution in [0.4, 0.5) is 4.39 Å². The molecule has 0 aliphatic carbocycles. The molecule has 0 bridgehead atoms. The molecule has 1 aromatic carbocycles. The maximum absolute atomic E-state index is 13.9. The number of benzene rings is 1. The Hall–Kier alpha value is -0.940. The fourth-order valence-corrected chi connectivity index (χ4v) is 2.05. The minimum absolute atomic E-state index is 0.154. The maximum Gasteiger partial charge on any atom is 0.305 e. The third kappa shape index (κ3) is 3.04. The van der Waals surface area contributed by atoms with Crippen molar-refractivity contribution in [1.29, 1.82) is 0 Å². The van der Waals surface area contributed by atoms with E-state index in [1.165, 1.54) is 6.07 Å². The molecule has 0 aliphatic heterocycles. The first-order valence-electron chi connectivity index (χ1n) is 5.12. The topological polar surface area (TPSA) is 40.5 Å². The highest BCUT2D eigenvalue weighted by Crippen LogP contribution is 2.32. The maximum atomic E-state index is 13.9. The van der Waals surface area contributed by atoms with Gasteiger partial charge in [0.05, 0.1) is 12.0 Å². The van der Waals surface area contributed by atoms with E-state index in [4.69, 9.17) is 5.11 Å². The molecule has 17 heavy (non-hydrogen) atoms. The predicted molar refractivity (Wildman–Crippen MR) is 67.4 cm³/mol. The van der Waals surface area contributed by atoms with Crippen molar-refractivity contribution in [2.24, 2.45) is 0 Å². The van der Waals surface area contributed by atoms with Crippen molar-refractivity contribution in [3.8, 4) is 0 Å². The van der Waals surface area contributed by atoms with Gasteiger partial charge in [0.25, 0.3) is 0 Å². The van der Waals surface area contributed by atoms with Crippen molar-refractivity contribution in [3.05, 3.63) is 34.1 Å². The number of aliphatic carboxylic acids is 1. The molecule has 0 saturated heterocycles. The molecular formula is C12H15BrFNO2. The van der Waals surface area contributed by atoms with Gasteiger partial charge in [-0.05, 0) is 33.2 Å². The summed E-state index contributed by atoms with van der Waals surface area (Å²) in [5.74, 6) is -1.36. The van der Waals surface area contributed by atoms with E-state index in [0.29, 0.717) is 10.0 Å². The lowest BCUT2D eigenvalue weighted by Crippen LogP contribution is -2.41. The molecule has 0 spiro atoms. The van der Waals surface area contributed by atoms with E-state index in [2.05, 4.69) is 15.9 Å². The van der Waals surface area contributed by atoms with Crippen LogP contribution in [0.1, 0.15) is 18.9 Å².